The van der Waals surface area contributed by atoms with Crippen molar-refractivity contribution in [2.75, 3.05) is 25.5 Å². The van der Waals surface area contributed by atoms with Crippen molar-refractivity contribution in [1.82, 2.24) is 5.32 Å². The molecule has 0 amide bonds. The number of benzene rings is 1. The average Bonchev–Trinajstić information content (AvgIpc) is 2.26. The lowest BCUT2D eigenvalue weighted by atomic mass is 10.1. The molecule has 0 bridgehead atoms. The van der Waals surface area contributed by atoms with Gasteiger partial charge in [0.1, 0.15) is 0 Å². The summed E-state index contributed by atoms with van der Waals surface area (Å²) >= 11 is 0. The van der Waals surface area contributed by atoms with Crippen LogP contribution in [-0.4, -0.2) is 26.7 Å². The Hall–Kier alpha value is -1.06. The molecule has 0 fully saturated rings. The van der Waals surface area contributed by atoms with Crippen LogP contribution in [0.5, 0.6) is 0 Å². The average molecular weight is 221 g/mol. The van der Waals surface area contributed by atoms with Crippen LogP contribution in [0.1, 0.15) is 25.5 Å². The van der Waals surface area contributed by atoms with E-state index in [1.54, 1.807) is 0 Å². The van der Waals surface area contributed by atoms with Crippen molar-refractivity contribution in [3.05, 3.63) is 29.8 Å². The van der Waals surface area contributed by atoms with Gasteiger partial charge in [0.25, 0.3) is 0 Å². The van der Waals surface area contributed by atoms with Crippen molar-refractivity contribution in [2.45, 2.75) is 25.9 Å². The fourth-order valence-electron chi connectivity index (χ4n) is 1.50. The highest BCUT2D eigenvalue weighted by Crippen LogP contribution is 2.16. The van der Waals surface area contributed by atoms with E-state index in [-0.39, 0.29) is 6.04 Å². The highest BCUT2D eigenvalue weighted by atomic mass is 15.1. The van der Waals surface area contributed by atoms with Gasteiger partial charge in [0, 0.05) is 38.4 Å². The molecule has 16 heavy (non-hydrogen) atoms. The first-order valence-corrected chi connectivity index (χ1v) is 5.77. The molecule has 1 aromatic rings. The van der Waals surface area contributed by atoms with Gasteiger partial charge in [-0.25, -0.2) is 0 Å². The molecule has 3 heteroatoms. The van der Waals surface area contributed by atoms with E-state index in [0.717, 1.165) is 6.54 Å². The summed E-state index contributed by atoms with van der Waals surface area (Å²) in [4.78, 5) is 2.08. The predicted octanol–water partition coefficient (Wildman–Crippen LogP) is 1.75. The van der Waals surface area contributed by atoms with Crippen molar-refractivity contribution >= 4 is 5.69 Å². The number of nitrogens with zero attached hydrogens (tertiary/aromatic N) is 1. The first-order chi connectivity index (χ1) is 7.50. The fourth-order valence-corrected chi connectivity index (χ4v) is 1.50. The Morgan fingerprint density at radius 1 is 1.19 bits per heavy atom. The maximum Gasteiger partial charge on any atom is 0.0421 e. The normalized spacial score (nSPS) is 12.9. The van der Waals surface area contributed by atoms with Crippen LogP contribution in [-0.2, 0) is 0 Å². The van der Waals surface area contributed by atoms with Crippen LogP contribution in [0, 0.1) is 0 Å². The Morgan fingerprint density at radius 2 is 1.75 bits per heavy atom. The first kappa shape index (κ1) is 13.0. The van der Waals surface area contributed by atoms with Crippen LogP contribution in [0.15, 0.2) is 24.3 Å². The molecular formula is C13H23N3. The number of nitrogens with two attached hydrogens (primary N) is 1. The number of anilines is 1. The van der Waals surface area contributed by atoms with E-state index in [4.69, 9.17) is 5.73 Å². The monoisotopic (exact) mass is 221 g/mol. The van der Waals surface area contributed by atoms with E-state index in [0.29, 0.717) is 6.04 Å². The third-order valence-corrected chi connectivity index (χ3v) is 2.58. The molecular weight excluding hydrogens is 198 g/mol. The lowest BCUT2D eigenvalue weighted by Crippen LogP contribution is -2.31. The minimum Gasteiger partial charge on any atom is -0.378 e. The molecule has 0 aliphatic carbocycles. The Labute approximate surface area is 98.6 Å². The van der Waals surface area contributed by atoms with E-state index >= 15 is 0 Å². The molecule has 0 saturated carbocycles. The van der Waals surface area contributed by atoms with E-state index in [1.165, 1.54) is 11.3 Å². The molecule has 0 aromatic heterocycles. The zero-order chi connectivity index (χ0) is 12.1. The second-order valence-corrected chi connectivity index (χ2v) is 4.66. The van der Waals surface area contributed by atoms with Gasteiger partial charge in [0.15, 0.2) is 0 Å². The van der Waals surface area contributed by atoms with Crippen molar-refractivity contribution in [3.63, 3.8) is 0 Å². The van der Waals surface area contributed by atoms with E-state index in [1.807, 2.05) is 14.1 Å². The lowest BCUT2D eigenvalue weighted by Gasteiger charge is -2.17. The minimum atomic E-state index is 0.0682. The topological polar surface area (TPSA) is 41.3 Å². The van der Waals surface area contributed by atoms with Crippen LogP contribution < -0.4 is 16.0 Å². The van der Waals surface area contributed by atoms with Crippen LogP contribution >= 0.6 is 0 Å². The molecule has 0 heterocycles. The van der Waals surface area contributed by atoms with Gasteiger partial charge in [0.2, 0.25) is 0 Å². The summed E-state index contributed by atoms with van der Waals surface area (Å²) in [5.74, 6) is 0. The van der Waals surface area contributed by atoms with Gasteiger partial charge in [-0.3, -0.25) is 0 Å². The molecule has 0 spiro atoms. The summed E-state index contributed by atoms with van der Waals surface area (Å²) in [6.07, 6.45) is 0. The van der Waals surface area contributed by atoms with Crippen molar-refractivity contribution in [2.24, 2.45) is 5.73 Å². The Bertz CT molecular complexity index is 303. The molecule has 1 unspecified atom stereocenters. The summed E-state index contributed by atoms with van der Waals surface area (Å²) in [6.45, 7) is 5.07. The molecule has 1 rings (SSSR count). The van der Waals surface area contributed by atoms with Gasteiger partial charge in [-0.2, -0.15) is 0 Å². The SMILES string of the molecule is CC(C)NCC(N)c1ccc(N(C)C)cc1. The smallest absolute Gasteiger partial charge is 0.0421 e. The lowest BCUT2D eigenvalue weighted by molar-refractivity contribution is 0.538. The van der Waals surface area contributed by atoms with Crippen LogP contribution in [0.2, 0.25) is 0 Å². The molecule has 0 aliphatic heterocycles. The van der Waals surface area contributed by atoms with Crippen LogP contribution in [0.4, 0.5) is 5.69 Å². The quantitative estimate of drug-likeness (QED) is 0.796. The fraction of sp³-hybridized carbons (Fsp3) is 0.538. The largest absolute Gasteiger partial charge is 0.378 e. The maximum absolute atomic E-state index is 6.09. The highest BCUT2D eigenvalue weighted by Gasteiger charge is 2.06. The van der Waals surface area contributed by atoms with Gasteiger partial charge in [-0.15, -0.1) is 0 Å². The molecule has 90 valence electrons. The van der Waals surface area contributed by atoms with Crippen molar-refractivity contribution in [3.8, 4) is 0 Å². The number of rotatable bonds is 5. The molecule has 0 radical (unpaired) electrons. The van der Waals surface area contributed by atoms with Gasteiger partial charge in [-0.1, -0.05) is 26.0 Å². The zero-order valence-corrected chi connectivity index (χ0v) is 10.7. The Kier molecular flexibility index (Phi) is 4.77. The number of nitrogens with one attached hydrogen (secondary N) is 1. The molecule has 3 nitrogen and oxygen atoms in total. The van der Waals surface area contributed by atoms with Crippen LogP contribution in [0.3, 0.4) is 0 Å². The molecule has 0 aliphatic rings. The molecule has 1 aromatic carbocycles. The summed E-state index contributed by atoms with van der Waals surface area (Å²) < 4.78 is 0. The second-order valence-electron chi connectivity index (χ2n) is 4.66. The van der Waals surface area contributed by atoms with Gasteiger partial charge >= 0.3 is 0 Å². The first-order valence-electron chi connectivity index (χ1n) is 5.77. The van der Waals surface area contributed by atoms with Crippen molar-refractivity contribution in [1.29, 1.82) is 0 Å². The summed E-state index contributed by atoms with van der Waals surface area (Å²) in [5, 5.41) is 3.35. The van der Waals surface area contributed by atoms with E-state index < -0.39 is 0 Å². The number of hydrogen-bond donors (Lipinski definition) is 2. The van der Waals surface area contributed by atoms with E-state index in [9.17, 15) is 0 Å². The second kappa shape index (κ2) is 5.87. The standard InChI is InChI=1S/C13H23N3/c1-10(2)15-9-13(14)11-5-7-12(8-6-11)16(3)4/h5-8,10,13,15H,9,14H2,1-4H3. The predicted molar refractivity (Wildman–Crippen MR) is 70.8 cm³/mol. The van der Waals surface area contributed by atoms with Gasteiger partial charge in [-0.05, 0) is 17.7 Å². The third-order valence-electron chi connectivity index (χ3n) is 2.58. The summed E-state index contributed by atoms with van der Waals surface area (Å²) in [7, 11) is 4.07. The van der Waals surface area contributed by atoms with Crippen molar-refractivity contribution < 1.29 is 0 Å². The highest BCUT2D eigenvalue weighted by molar-refractivity contribution is 5.46. The zero-order valence-electron chi connectivity index (χ0n) is 10.7. The van der Waals surface area contributed by atoms with Gasteiger partial charge < -0.3 is 16.0 Å². The third kappa shape index (κ3) is 3.83. The minimum absolute atomic E-state index is 0.0682. The Morgan fingerprint density at radius 3 is 2.19 bits per heavy atom. The van der Waals surface area contributed by atoms with E-state index in [2.05, 4.69) is 48.3 Å². The summed E-state index contributed by atoms with van der Waals surface area (Å²) in [6, 6.07) is 8.95. The molecule has 3 N–H and O–H groups in total. The van der Waals surface area contributed by atoms with Gasteiger partial charge in [0.05, 0.1) is 0 Å². The molecule has 0 saturated heterocycles. The molecule has 1 atom stereocenters. The maximum atomic E-state index is 6.09. The summed E-state index contributed by atoms with van der Waals surface area (Å²) in [5.41, 5.74) is 8.47. The number of hydrogen-bond acceptors (Lipinski definition) is 3. The van der Waals surface area contributed by atoms with Crippen LogP contribution in [0.25, 0.3) is 0 Å². The Balaban J connectivity index is 2.59.